The Morgan fingerprint density at radius 3 is 2.31 bits per heavy atom. The SMILES string of the molecule is CC(C)Oc1ccc(N2CCNCC2)cc1. The number of anilines is 1. The van der Waals surface area contributed by atoms with E-state index in [-0.39, 0.29) is 6.10 Å². The Balaban J connectivity index is 2.00. The van der Waals surface area contributed by atoms with E-state index in [2.05, 4.69) is 34.5 Å². The van der Waals surface area contributed by atoms with Crippen molar-refractivity contribution in [3.63, 3.8) is 0 Å². The van der Waals surface area contributed by atoms with E-state index < -0.39 is 0 Å². The molecule has 1 aromatic carbocycles. The molecule has 3 nitrogen and oxygen atoms in total. The first kappa shape index (κ1) is 11.3. The van der Waals surface area contributed by atoms with Crippen LogP contribution in [0.2, 0.25) is 0 Å². The summed E-state index contributed by atoms with van der Waals surface area (Å²) in [5, 5.41) is 3.36. The lowest BCUT2D eigenvalue weighted by Crippen LogP contribution is -2.43. The van der Waals surface area contributed by atoms with Crippen LogP contribution in [-0.2, 0) is 0 Å². The fraction of sp³-hybridized carbons (Fsp3) is 0.538. The van der Waals surface area contributed by atoms with Gasteiger partial charge in [0.2, 0.25) is 0 Å². The van der Waals surface area contributed by atoms with Crippen LogP contribution in [0.3, 0.4) is 0 Å². The van der Waals surface area contributed by atoms with Crippen LogP contribution in [0.5, 0.6) is 5.75 Å². The van der Waals surface area contributed by atoms with E-state index in [1.807, 2.05) is 13.8 Å². The molecule has 1 N–H and O–H groups in total. The van der Waals surface area contributed by atoms with E-state index in [0.717, 1.165) is 31.9 Å². The van der Waals surface area contributed by atoms with Crippen LogP contribution >= 0.6 is 0 Å². The van der Waals surface area contributed by atoms with Crippen LogP contribution in [-0.4, -0.2) is 32.3 Å². The average molecular weight is 220 g/mol. The zero-order valence-corrected chi connectivity index (χ0v) is 10.1. The molecule has 0 amide bonds. The largest absolute Gasteiger partial charge is 0.491 e. The molecule has 1 heterocycles. The van der Waals surface area contributed by atoms with E-state index in [1.165, 1.54) is 5.69 Å². The smallest absolute Gasteiger partial charge is 0.119 e. The third-order valence-electron chi connectivity index (χ3n) is 2.69. The molecule has 1 fully saturated rings. The Morgan fingerprint density at radius 1 is 1.12 bits per heavy atom. The van der Waals surface area contributed by atoms with Crippen LogP contribution < -0.4 is 15.0 Å². The van der Waals surface area contributed by atoms with Gasteiger partial charge in [0.1, 0.15) is 5.75 Å². The van der Waals surface area contributed by atoms with Gasteiger partial charge in [-0.25, -0.2) is 0 Å². The average Bonchev–Trinajstić information content (AvgIpc) is 2.30. The van der Waals surface area contributed by atoms with Crippen LogP contribution in [0, 0.1) is 0 Å². The standard InChI is InChI=1S/C13H20N2O/c1-11(2)16-13-5-3-12(4-6-13)15-9-7-14-8-10-15/h3-6,11,14H,7-10H2,1-2H3. The highest BCUT2D eigenvalue weighted by Crippen LogP contribution is 2.20. The van der Waals surface area contributed by atoms with Gasteiger partial charge in [0.15, 0.2) is 0 Å². The van der Waals surface area contributed by atoms with Crippen molar-refractivity contribution in [1.29, 1.82) is 0 Å². The molecule has 0 aliphatic carbocycles. The lowest BCUT2D eigenvalue weighted by atomic mass is 10.2. The summed E-state index contributed by atoms with van der Waals surface area (Å²) in [6, 6.07) is 8.39. The maximum absolute atomic E-state index is 5.63. The minimum atomic E-state index is 0.241. The Bertz CT molecular complexity index is 315. The number of ether oxygens (including phenoxy) is 1. The highest BCUT2D eigenvalue weighted by atomic mass is 16.5. The predicted octanol–water partition coefficient (Wildman–Crippen LogP) is 1.88. The van der Waals surface area contributed by atoms with Crippen molar-refractivity contribution in [3.8, 4) is 5.75 Å². The van der Waals surface area contributed by atoms with E-state index >= 15 is 0 Å². The fourth-order valence-corrected chi connectivity index (χ4v) is 1.93. The topological polar surface area (TPSA) is 24.5 Å². The lowest BCUT2D eigenvalue weighted by molar-refractivity contribution is 0.242. The normalized spacial score (nSPS) is 16.6. The zero-order valence-electron chi connectivity index (χ0n) is 10.1. The number of nitrogens with zero attached hydrogens (tertiary/aromatic N) is 1. The number of piperazine rings is 1. The summed E-state index contributed by atoms with van der Waals surface area (Å²) in [6.07, 6.45) is 0.241. The number of hydrogen-bond donors (Lipinski definition) is 1. The molecule has 0 bridgehead atoms. The summed E-state index contributed by atoms with van der Waals surface area (Å²) in [7, 11) is 0. The first-order valence-corrected chi connectivity index (χ1v) is 5.98. The molecule has 88 valence electrons. The predicted molar refractivity (Wildman–Crippen MR) is 67.3 cm³/mol. The maximum atomic E-state index is 5.63. The molecule has 0 spiro atoms. The minimum Gasteiger partial charge on any atom is -0.491 e. The summed E-state index contributed by atoms with van der Waals surface area (Å²) < 4.78 is 5.63. The van der Waals surface area contributed by atoms with Gasteiger partial charge >= 0.3 is 0 Å². The van der Waals surface area contributed by atoms with E-state index in [0.29, 0.717) is 0 Å². The van der Waals surface area contributed by atoms with Gasteiger partial charge in [0.05, 0.1) is 6.10 Å². The first-order valence-electron chi connectivity index (χ1n) is 5.98. The van der Waals surface area contributed by atoms with E-state index in [9.17, 15) is 0 Å². The van der Waals surface area contributed by atoms with Crippen LogP contribution in [0.15, 0.2) is 24.3 Å². The van der Waals surface area contributed by atoms with Crippen LogP contribution in [0.25, 0.3) is 0 Å². The molecular formula is C13H20N2O. The Kier molecular flexibility index (Phi) is 3.67. The number of rotatable bonds is 3. The second kappa shape index (κ2) is 5.21. The van der Waals surface area contributed by atoms with Gasteiger partial charge in [-0.05, 0) is 38.1 Å². The second-order valence-corrected chi connectivity index (χ2v) is 4.40. The summed E-state index contributed by atoms with van der Waals surface area (Å²) >= 11 is 0. The summed E-state index contributed by atoms with van der Waals surface area (Å²) in [6.45, 7) is 8.41. The van der Waals surface area contributed by atoms with Crippen molar-refractivity contribution in [2.24, 2.45) is 0 Å². The van der Waals surface area contributed by atoms with Crippen molar-refractivity contribution in [2.75, 3.05) is 31.1 Å². The van der Waals surface area contributed by atoms with E-state index in [4.69, 9.17) is 4.74 Å². The van der Waals surface area contributed by atoms with Crippen LogP contribution in [0.4, 0.5) is 5.69 Å². The van der Waals surface area contributed by atoms with Gasteiger partial charge in [0, 0.05) is 31.9 Å². The first-order chi connectivity index (χ1) is 7.75. The van der Waals surface area contributed by atoms with Crippen molar-refractivity contribution < 1.29 is 4.74 Å². The molecule has 0 radical (unpaired) electrons. The number of hydrogen-bond acceptors (Lipinski definition) is 3. The molecule has 1 aliphatic heterocycles. The third-order valence-corrected chi connectivity index (χ3v) is 2.69. The fourth-order valence-electron chi connectivity index (χ4n) is 1.93. The van der Waals surface area contributed by atoms with Gasteiger partial charge in [-0.3, -0.25) is 0 Å². The summed E-state index contributed by atoms with van der Waals surface area (Å²) in [4.78, 5) is 2.40. The van der Waals surface area contributed by atoms with Crippen molar-refractivity contribution >= 4 is 5.69 Å². The molecule has 3 heteroatoms. The van der Waals surface area contributed by atoms with Gasteiger partial charge in [0.25, 0.3) is 0 Å². The Morgan fingerprint density at radius 2 is 1.75 bits per heavy atom. The third kappa shape index (κ3) is 2.89. The molecular weight excluding hydrogens is 200 g/mol. The highest BCUT2D eigenvalue weighted by Gasteiger charge is 2.10. The van der Waals surface area contributed by atoms with E-state index in [1.54, 1.807) is 0 Å². The molecule has 1 aliphatic rings. The monoisotopic (exact) mass is 220 g/mol. The summed E-state index contributed by atoms with van der Waals surface area (Å²) in [5.74, 6) is 0.953. The zero-order chi connectivity index (χ0) is 11.4. The minimum absolute atomic E-state index is 0.241. The molecule has 16 heavy (non-hydrogen) atoms. The molecule has 0 aromatic heterocycles. The van der Waals surface area contributed by atoms with Gasteiger partial charge < -0.3 is 15.0 Å². The summed E-state index contributed by atoms with van der Waals surface area (Å²) in [5.41, 5.74) is 1.29. The molecule has 0 saturated carbocycles. The number of benzene rings is 1. The van der Waals surface area contributed by atoms with Crippen molar-refractivity contribution in [2.45, 2.75) is 20.0 Å². The second-order valence-electron chi connectivity index (χ2n) is 4.40. The van der Waals surface area contributed by atoms with Crippen LogP contribution in [0.1, 0.15) is 13.8 Å². The Labute approximate surface area is 97.4 Å². The van der Waals surface area contributed by atoms with Crippen molar-refractivity contribution in [3.05, 3.63) is 24.3 Å². The van der Waals surface area contributed by atoms with Crippen molar-refractivity contribution in [1.82, 2.24) is 5.32 Å². The van der Waals surface area contributed by atoms with Gasteiger partial charge in [-0.1, -0.05) is 0 Å². The Hall–Kier alpha value is -1.22. The molecule has 0 unspecified atom stereocenters. The molecule has 1 aromatic rings. The lowest BCUT2D eigenvalue weighted by Gasteiger charge is -2.29. The molecule has 0 atom stereocenters. The highest BCUT2D eigenvalue weighted by molar-refractivity contribution is 5.49. The molecule has 2 rings (SSSR count). The molecule has 1 saturated heterocycles. The van der Waals surface area contributed by atoms with Gasteiger partial charge in [-0.2, -0.15) is 0 Å². The quantitative estimate of drug-likeness (QED) is 0.842. The van der Waals surface area contributed by atoms with Gasteiger partial charge in [-0.15, -0.1) is 0 Å². The number of nitrogens with one attached hydrogen (secondary N) is 1. The maximum Gasteiger partial charge on any atom is 0.119 e.